The van der Waals surface area contributed by atoms with Crippen LogP contribution in [-0.2, 0) is 14.2 Å². The molecule has 0 aromatic heterocycles. The van der Waals surface area contributed by atoms with E-state index in [9.17, 15) is 24.2 Å². The topological polar surface area (TPSA) is 112 Å². The van der Waals surface area contributed by atoms with Crippen molar-refractivity contribution >= 4 is 24.6 Å². The van der Waals surface area contributed by atoms with Crippen LogP contribution in [0.25, 0.3) is 0 Å². The summed E-state index contributed by atoms with van der Waals surface area (Å²) in [6, 6.07) is 7.94. The molecular weight excluding hydrogens is 307 g/mol. The molecule has 3 unspecified atom stereocenters. The second-order valence-electron chi connectivity index (χ2n) is 5.19. The first-order chi connectivity index (χ1) is 10.3. The monoisotopic (exact) mass is 328 g/mol. The Hall–Kier alpha value is -1.65. The molecule has 122 valence electrons. The SMILES string of the molecule is CCCC(C(CCC(=O)O)C(=O)O)P(=O)(O)c1ccccc1. The molecule has 0 radical (unpaired) electrons. The molecule has 0 aliphatic heterocycles. The summed E-state index contributed by atoms with van der Waals surface area (Å²) in [6.45, 7) is 1.80. The third-order valence-corrected chi connectivity index (χ3v) is 6.17. The van der Waals surface area contributed by atoms with Gasteiger partial charge in [0.1, 0.15) is 0 Å². The van der Waals surface area contributed by atoms with Gasteiger partial charge in [0.15, 0.2) is 0 Å². The summed E-state index contributed by atoms with van der Waals surface area (Å²) in [5.74, 6) is -3.51. The van der Waals surface area contributed by atoms with Crippen molar-refractivity contribution in [3.8, 4) is 0 Å². The molecule has 0 spiro atoms. The highest BCUT2D eigenvalue weighted by molar-refractivity contribution is 7.66. The minimum atomic E-state index is -3.92. The van der Waals surface area contributed by atoms with Gasteiger partial charge in [-0.25, -0.2) is 0 Å². The quantitative estimate of drug-likeness (QED) is 0.600. The first-order valence-corrected chi connectivity index (χ1v) is 8.86. The second kappa shape index (κ2) is 8.11. The Morgan fingerprint density at radius 1 is 1.14 bits per heavy atom. The molecule has 1 rings (SSSR count). The Labute approximate surface area is 129 Å². The molecule has 6 nitrogen and oxygen atoms in total. The van der Waals surface area contributed by atoms with E-state index in [0.29, 0.717) is 6.42 Å². The molecule has 3 N–H and O–H groups in total. The van der Waals surface area contributed by atoms with Crippen LogP contribution in [0.1, 0.15) is 32.6 Å². The summed E-state index contributed by atoms with van der Waals surface area (Å²) in [7, 11) is -3.92. The maximum absolute atomic E-state index is 12.8. The van der Waals surface area contributed by atoms with Gasteiger partial charge in [0.05, 0.1) is 11.6 Å². The van der Waals surface area contributed by atoms with Crippen LogP contribution in [0.5, 0.6) is 0 Å². The zero-order chi connectivity index (χ0) is 16.8. The van der Waals surface area contributed by atoms with Crippen LogP contribution in [0.3, 0.4) is 0 Å². The molecule has 0 heterocycles. The van der Waals surface area contributed by atoms with Gasteiger partial charge in [-0.1, -0.05) is 31.5 Å². The van der Waals surface area contributed by atoms with Crippen molar-refractivity contribution in [2.24, 2.45) is 5.92 Å². The van der Waals surface area contributed by atoms with Crippen LogP contribution in [0.4, 0.5) is 0 Å². The zero-order valence-electron chi connectivity index (χ0n) is 12.4. The summed E-state index contributed by atoms with van der Waals surface area (Å²) < 4.78 is 12.8. The van der Waals surface area contributed by atoms with Crippen LogP contribution in [0, 0.1) is 5.92 Å². The average molecular weight is 328 g/mol. The fourth-order valence-electron chi connectivity index (χ4n) is 2.51. The smallest absolute Gasteiger partial charge is 0.307 e. The Kier molecular flexibility index (Phi) is 6.78. The van der Waals surface area contributed by atoms with Crippen molar-refractivity contribution in [3.63, 3.8) is 0 Å². The molecular formula is C15H21O6P. The third kappa shape index (κ3) is 4.68. The van der Waals surface area contributed by atoms with E-state index in [1.54, 1.807) is 25.1 Å². The molecule has 0 amide bonds. The van der Waals surface area contributed by atoms with Gasteiger partial charge >= 0.3 is 11.9 Å². The number of hydrogen-bond donors (Lipinski definition) is 3. The Balaban J connectivity index is 3.15. The van der Waals surface area contributed by atoms with Gasteiger partial charge in [-0.05, 0) is 25.0 Å². The van der Waals surface area contributed by atoms with Crippen LogP contribution >= 0.6 is 7.37 Å². The van der Waals surface area contributed by atoms with Crippen LogP contribution < -0.4 is 5.30 Å². The Morgan fingerprint density at radius 3 is 2.18 bits per heavy atom. The van der Waals surface area contributed by atoms with Crippen molar-refractivity contribution in [2.75, 3.05) is 0 Å². The molecule has 0 aliphatic rings. The van der Waals surface area contributed by atoms with Crippen molar-refractivity contribution < 1.29 is 29.3 Å². The predicted molar refractivity (Wildman–Crippen MR) is 82.6 cm³/mol. The van der Waals surface area contributed by atoms with Gasteiger partial charge in [0.25, 0.3) is 0 Å². The van der Waals surface area contributed by atoms with Gasteiger partial charge in [-0.3, -0.25) is 14.2 Å². The standard InChI is InChI=1S/C15H21O6P/c1-2-6-13(12(15(18)19)9-10-14(16)17)22(20,21)11-7-4-3-5-8-11/h3-5,7-8,12-13H,2,6,9-10H2,1H3,(H,16,17)(H,18,19)(H,20,21). The molecule has 3 atom stereocenters. The van der Waals surface area contributed by atoms with E-state index in [-0.39, 0.29) is 24.6 Å². The lowest BCUT2D eigenvalue weighted by Crippen LogP contribution is -2.32. The summed E-state index contributed by atoms with van der Waals surface area (Å²) in [6.07, 6.45) is 0.289. The maximum Gasteiger partial charge on any atom is 0.307 e. The van der Waals surface area contributed by atoms with E-state index in [4.69, 9.17) is 5.11 Å². The largest absolute Gasteiger partial charge is 0.481 e. The fourth-order valence-corrected chi connectivity index (χ4v) is 4.86. The molecule has 0 fully saturated rings. The average Bonchev–Trinajstić information content (AvgIpc) is 2.46. The van der Waals surface area contributed by atoms with Crippen LogP contribution in [0.2, 0.25) is 0 Å². The molecule has 0 saturated carbocycles. The Bertz CT molecular complexity index is 556. The number of carboxylic acids is 2. The summed E-state index contributed by atoms with van der Waals surface area (Å²) in [4.78, 5) is 32.7. The maximum atomic E-state index is 12.8. The minimum Gasteiger partial charge on any atom is -0.481 e. The molecule has 0 aliphatic carbocycles. The number of aliphatic carboxylic acids is 2. The lowest BCUT2D eigenvalue weighted by molar-refractivity contribution is -0.143. The number of rotatable bonds is 9. The first-order valence-electron chi connectivity index (χ1n) is 7.13. The molecule has 0 bridgehead atoms. The van der Waals surface area contributed by atoms with Gasteiger partial charge in [0, 0.05) is 11.7 Å². The first kappa shape index (κ1) is 18.4. The third-order valence-electron chi connectivity index (χ3n) is 3.61. The van der Waals surface area contributed by atoms with E-state index in [2.05, 4.69) is 0 Å². The van der Waals surface area contributed by atoms with Gasteiger partial charge < -0.3 is 15.1 Å². The number of benzene rings is 1. The van der Waals surface area contributed by atoms with Gasteiger partial charge in [-0.15, -0.1) is 0 Å². The fraction of sp³-hybridized carbons (Fsp3) is 0.467. The van der Waals surface area contributed by atoms with Crippen molar-refractivity contribution in [1.82, 2.24) is 0 Å². The van der Waals surface area contributed by atoms with E-state index < -0.39 is 30.9 Å². The van der Waals surface area contributed by atoms with Crippen LogP contribution in [0.15, 0.2) is 30.3 Å². The Morgan fingerprint density at radius 2 is 1.73 bits per heavy atom. The molecule has 22 heavy (non-hydrogen) atoms. The van der Waals surface area contributed by atoms with Crippen molar-refractivity contribution in [1.29, 1.82) is 0 Å². The molecule has 7 heteroatoms. The van der Waals surface area contributed by atoms with Crippen molar-refractivity contribution in [3.05, 3.63) is 30.3 Å². The number of carbonyl (C=O) groups is 2. The predicted octanol–water partition coefficient (Wildman–Crippen LogP) is 2.32. The summed E-state index contributed by atoms with van der Waals surface area (Å²) >= 11 is 0. The van der Waals surface area contributed by atoms with E-state index in [1.165, 1.54) is 12.1 Å². The van der Waals surface area contributed by atoms with Gasteiger partial charge in [0.2, 0.25) is 7.37 Å². The lowest BCUT2D eigenvalue weighted by Gasteiger charge is -2.28. The second-order valence-corrected chi connectivity index (χ2v) is 7.62. The highest BCUT2D eigenvalue weighted by Crippen LogP contribution is 2.51. The van der Waals surface area contributed by atoms with E-state index in [0.717, 1.165) is 0 Å². The van der Waals surface area contributed by atoms with Crippen LogP contribution in [-0.4, -0.2) is 32.7 Å². The summed E-state index contributed by atoms with van der Waals surface area (Å²) in [5.41, 5.74) is -0.989. The zero-order valence-corrected chi connectivity index (χ0v) is 13.3. The number of hydrogen-bond acceptors (Lipinski definition) is 3. The van der Waals surface area contributed by atoms with E-state index >= 15 is 0 Å². The highest BCUT2D eigenvalue weighted by Gasteiger charge is 2.41. The highest BCUT2D eigenvalue weighted by atomic mass is 31.2. The molecule has 1 aromatic rings. The lowest BCUT2D eigenvalue weighted by atomic mass is 9.96. The summed E-state index contributed by atoms with van der Waals surface area (Å²) in [5, 5.41) is 18.3. The molecule has 0 saturated heterocycles. The minimum absolute atomic E-state index is 0.160. The molecule has 1 aromatic carbocycles. The van der Waals surface area contributed by atoms with Crippen molar-refractivity contribution in [2.45, 2.75) is 38.3 Å². The van der Waals surface area contributed by atoms with E-state index in [1.807, 2.05) is 0 Å². The number of carboxylic acid groups (broad SMARTS) is 2. The normalized spacial score (nSPS) is 16.5. The van der Waals surface area contributed by atoms with Gasteiger partial charge in [-0.2, -0.15) is 0 Å².